The fourth-order valence-corrected chi connectivity index (χ4v) is 1.13. The van der Waals surface area contributed by atoms with Crippen molar-refractivity contribution in [2.24, 2.45) is 17.6 Å². The molecule has 0 aliphatic heterocycles. The van der Waals surface area contributed by atoms with E-state index in [1.165, 1.54) is 0 Å². The molecule has 0 saturated heterocycles. The largest absolute Gasteiger partial charge is 0.330 e. The lowest BCUT2D eigenvalue weighted by molar-refractivity contribution is -0.00691. The van der Waals surface area contributed by atoms with E-state index < -0.39 is 11.8 Å². The van der Waals surface area contributed by atoms with Gasteiger partial charge in [0.15, 0.2) is 0 Å². The van der Waals surface area contributed by atoms with Gasteiger partial charge in [0.1, 0.15) is 0 Å². The summed E-state index contributed by atoms with van der Waals surface area (Å²) < 4.78 is 24.6. The zero-order chi connectivity index (χ0) is 7.07. The van der Waals surface area contributed by atoms with Gasteiger partial charge in [0, 0.05) is 5.92 Å². The van der Waals surface area contributed by atoms with Crippen molar-refractivity contribution in [2.75, 3.05) is 6.54 Å². The van der Waals surface area contributed by atoms with Crippen LogP contribution in [0, 0.1) is 11.8 Å². The molecule has 10 heavy (non-hydrogen) atoms. The molecule has 2 atom stereocenters. The lowest BCUT2D eigenvalue weighted by atomic mass is 10.2. The summed E-state index contributed by atoms with van der Waals surface area (Å²) >= 11 is 0. The number of rotatable bonds is 2. The fraction of sp³-hybridized carbons (Fsp3) is 1.00. The number of hydrogen-bond donors (Lipinski definition) is 1. The van der Waals surface area contributed by atoms with Gasteiger partial charge in [-0.15, -0.1) is 12.4 Å². The van der Waals surface area contributed by atoms with Gasteiger partial charge in [-0.05, 0) is 25.8 Å². The maximum Gasteiger partial charge on any atom is 0.248 e. The molecule has 2 unspecified atom stereocenters. The minimum absolute atomic E-state index is 0. The maximum absolute atomic E-state index is 12.3. The van der Waals surface area contributed by atoms with E-state index in [2.05, 4.69) is 0 Å². The first kappa shape index (κ1) is 10.1. The third-order valence-electron chi connectivity index (χ3n) is 1.88. The lowest BCUT2D eigenvalue weighted by Gasteiger charge is -2.07. The Kier molecular flexibility index (Phi) is 3.04. The standard InChI is InChI=1S/C6H11F2N.ClH/c1-6(7,8)5-2-4(5)3-9;/h4-5H,2-3,9H2,1H3;1H. The summed E-state index contributed by atoms with van der Waals surface area (Å²) in [6.45, 7) is 1.38. The first-order valence-electron chi connectivity index (χ1n) is 3.13. The van der Waals surface area contributed by atoms with Crippen LogP contribution in [0.5, 0.6) is 0 Å². The Balaban J connectivity index is 0.000000810. The average Bonchev–Trinajstić information content (AvgIpc) is 2.39. The zero-order valence-electron chi connectivity index (χ0n) is 5.81. The Morgan fingerprint density at radius 3 is 2.20 bits per heavy atom. The molecule has 0 bridgehead atoms. The predicted octanol–water partition coefficient (Wildman–Crippen LogP) is 1.66. The second-order valence-corrected chi connectivity index (χ2v) is 2.79. The number of nitrogens with two attached hydrogens (primary N) is 1. The summed E-state index contributed by atoms with van der Waals surface area (Å²) in [6, 6.07) is 0. The second-order valence-electron chi connectivity index (χ2n) is 2.79. The Bertz CT molecular complexity index is 113. The molecule has 1 fully saturated rings. The van der Waals surface area contributed by atoms with E-state index in [0.29, 0.717) is 13.0 Å². The average molecular weight is 172 g/mol. The highest BCUT2D eigenvalue weighted by molar-refractivity contribution is 5.85. The van der Waals surface area contributed by atoms with Crippen molar-refractivity contribution >= 4 is 12.4 Å². The molecule has 1 aliphatic rings. The van der Waals surface area contributed by atoms with E-state index in [0.717, 1.165) is 6.92 Å². The summed E-state index contributed by atoms with van der Waals surface area (Å²) in [7, 11) is 0. The quantitative estimate of drug-likeness (QED) is 0.672. The van der Waals surface area contributed by atoms with Crippen molar-refractivity contribution < 1.29 is 8.78 Å². The minimum Gasteiger partial charge on any atom is -0.330 e. The molecule has 0 spiro atoms. The fourth-order valence-electron chi connectivity index (χ4n) is 1.13. The van der Waals surface area contributed by atoms with Gasteiger partial charge >= 0.3 is 0 Å². The molecule has 0 aromatic carbocycles. The Morgan fingerprint density at radius 1 is 1.60 bits per heavy atom. The molecule has 4 heteroatoms. The van der Waals surface area contributed by atoms with Crippen molar-refractivity contribution in [2.45, 2.75) is 19.3 Å². The molecule has 0 amide bonds. The van der Waals surface area contributed by atoms with Gasteiger partial charge in [0.25, 0.3) is 0 Å². The highest BCUT2D eigenvalue weighted by Crippen LogP contribution is 2.48. The number of halogens is 3. The van der Waals surface area contributed by atoms with Crippen LogP contribution in [0.2, 0.25) is 0 Å². The van der Waals surface area contributed by atoms with Crippen LogP contribution >= 0.6 is 12.4 Å². The van der Waals surface area contributed by atoms with Crippen LogP contribution in [-0.4, -0.2) is 12.5 Å². The smallest absolute Gasteiger partial charge is 0.248 e. The second kappa shape index (κ2) is 3.01. The molecule has 62 valence electrons. The van der Waals surface area contributed by atoms with E-state index >= 15 is 0 Å². The zero-order valence-corrected chi connectivity index (χ0v) is 6.63. The topological polar surface area (TPSA) is 26.0 Å². The SMILES string of the molecule is CC(F)(F)C1CC1CN.Cl. The molecule has 1 rings (SSSR count). The van der Waals surface area contributed by atoms with Gasteiger partial charge in [0.2, 0.25) is 5.92 Å². The van der Waals surface area contributed by atoms with Crippen LogP contribution in [0.3, 0.4) is 0 Å². The predicted molar refractivity (Wildman–Crippen MR) is 38.5 cm³/mol. The van der Waals surface area contributed by atoms with Crippen LogP contribution < -0.4 is 5.73 Å². The Labute approximate surface area is 65.4 Å². The van der Waals surface area contributed by atoms with Crippen molar-refractivity contribution in [3.63, 3.8) is 0 Å². The van der Waals surface area contributed by atoms with E-state index in [1.54, 1.807) is 0 Å². The highest BCUT2D eigenvalue weighted by Gasteiger charge is 2.50. The van der Waals surface area contributed by atoms with Gasteiger partial charge in [0.05, 0.1) is 0 Å². The number of hydrogen-bond acceptors (Lipinski definition) is 1. The Hall–Kier alpha value is 0.110. The first-order valence-corrected chi connectivity index (χ1v) is 3.13. The summed E-state index contributed by atoms with van der Waals surface area (Å²) in [5, 5.41) is 0. The summed E-state index contributed by atoms with van der Waals surface area (Å²) in [6.07, 6.45) is 0.611. The molecular formula is C6H12ClF2N. The maximum atomic E-state index is 12.3. The van der Waals surface area contributed by atoms with Gasteiger partial charge in [-0.25, -0.2) is 8.78 Å². The molecule has 1 saturated carbocycles. The molecule has 0 heterocycles. The lowest BCUT2D eigenvalue weighted by Crippen LogP contribution is -2.16. The minimum atomic E-state index is -2.50. The van der Waals surface area contributed by atoms with Crippen molar-refractivity contribution in [1.29, 1.82) is 0 Å². The highest BCUT2D eigenvalue weighted by atomic mass is 35.5. The van der Waals surface area contributed by atoms with E-state index in [9.17, 15) is 8.78 Å². The first-order chi connectivity index (χ1) is 4.05. The van der Waals surface area contributed by atoms with Crippen LogP contribution in [0.25, 0.3) is 0 Å². The molecule has 0 radical (unpaired) electrons. The third kappa shape index (κ3) is 2.06. The molecule has 0 aromatic heterocycles. The third-order valence-corrected chi connectivity index (χ3v) is 1.88. The summed E-state index contributed by atoms with van der Waals surface area (Å²) in [5.74, 6) is -2.84. The molecule has 2 N–H and O–H groups in total. The Morgan fingerprint density at radius 2 is 2.10 bits per heavy atom. The van der Waals surface area contributed by atoms with Crippen LogP contribution in [-0.2, 0) is 0 Å². The normalized spacial score (nSPS) is 31.2. The van der Waals surface area contributed by atoms with E-state index in [-0.39, 0.29) is 18.3 Å². The van der Waals surface area contributed by atoms with Crippen molar-refractivity contribution in [1.82, 2.24) is 0 Å². The molecule has 1 nitrogen and oxygen atoms in total. The van der Waals surface area contributed by atoms with Gasteiger partial charge in [-0.2, -0.15) is 0 Å². The summed E-state index contributed by atoms with van der Waals surface area (Å²) in [5.41, 5.74) is 5.19. The van der Waals surface area contributed by atoms with E-state index in [4.69, 9.17) is 5.73 Å². The monoisotopic (exact) mass is 171 g/mol. The molecular weight excluding hydrogens is 160 g/mol. The van der Waals surface area contributed by atoms with Crippen LogP contribution in [0.4, 0.5) is 8.78 Å². The van der Waals surface area contributed by atoms with Crippen LogP contribution in [0.1, 0.15) is 13.3 Å². The summed E-state index contributed by atoms with van der Waals surface area (Å²) in [4.78, 5) is 0. The van der Waals surface area contributed by atoms with Crippen molar-refractivity contribution in [3.05, 3.63) is 0 Å². The van der Waals surface area contributed by atoms with Crippen molar-refractivity contribution in [3.8, 4) is 0 Å². The van der Waals surface area contributed by atoms with Crippen LogP contribution in [0.15, 0.2) is 0 Å². The van der Waals surface area contributed by atoms with Gasteiger partial charge < -0.3 is 5.73 Å². The molecule has 0 aromatic rings. The number of alkyl halides is 2. The van der Waals surface area contributed by atoms with Gasteiger partial charge in [-0.3, -0.25) is 0 Å². The molecule has 1 aliphatic carbocycles. The van der Waals surface area contributed by atoms with Gasteiger partial charge in [-0.1, -0.05) is 0 Å². The van der Waals surface area contributed by atoms with E-state index in [1.807, 2.05) is 0 Å².